The van der Waals surface area contributed by atoms with Crippen LogP contribution in [0.3, 0.4) is 0 Å². The van der Waals surface area contributed by atoms with Crippen LogP contribution in [0.4, 0.5) is 22.1 Å². The van der Waals surface area contributed by atoms with Crippen molar-refractivity contribution < 1.29 is 9.13 Å². The number of rotatable bonds is 10. The van der Waals surface area contributed by atoms with Gasteiger partial charge in [-0.25, -0.2) is 4.39 Å². The molecule has 3 aromatic rings. The molecule has 2 N–H and O–H groups in total. The SMILES string of the molecule is Fc1cccc(/C=C/c2nc(Nc3cc(C4CC4)[nH]n3)nc(N3CCN(CCCN4CCOCC4)CC3)n2)c1. The van der Waals surface area contributed by atoms with Crippen molar-refractivity contribution in [2.75, 3.05) is 75.8 Å². The lowest BCUT2D eigenvalue weighted by molar-refractivity contribution is 0.0360. The first-order valence-electron chi connectivity index (χ1n) is 14.0. The molecule has 1 aromatic carbocycles. The maximum absolute atomic E-state index is 13.7. The Morgan fingerprint density at radius 2 is 1.74 bits per heavy atom. The van der Waals surface area contributed by atoms with E-state index in [2.05, 4.69) is 35.2 Å². The number of benzene rings is 1. The second kappa shape index (κ2) is 12.2. The Kier molecular flexibility index (Phi) is 8.08. The number of aromatic nitrogens is 5. The van der Waals surface area contributed by atoms with E-state index in [4.69, 9.17) is 14.7 Å². The molecule has 2 saturated heterocycles. The minimum atomic E-state index is -0.274. The Labute approximate surface area is 228 Å². The van der Waals surface area contributed by atoms with E-state index in [1.807, 2.05) is 18.2 Å². The highest BCUT2D eigenvalue weighted by Gasteiger charge is 2.26. The number of hydrogen-bond donors (Lipinski definition) is 2. The van der Waals surface area contributed by atoms with Gasteiger partial charge in [0.05, 0.1) is 13.2 Å². The molecule has 1 aliphatic carbocycles. The van der Waals surface area contributed by atoms with E-state index in [1.54, 1.807) is 12.1 Å². The lowest BCUT2D eigenvalue weighted by atomic mass is 10.2. The third kappa shape index (κ3) is 7.17. The third-order valence-corrected chi connectivity index (χ3v) is 7.48. The van der Waals surface area contributed by atoms with Gasteiger partial charge in [0, 0.05) is 56.9 Å². The Balaban J connectivity index is 1.12. The summed E-state index contributed by atoms with van der Waals surface area (Å²) in [5.41, 5.74) is 1.89. The number of hydrogen-bond acceptors (Lipinski definition) is 9. The van der Waals surface area contributed by atoms with Crippen LogP contribution in [0.5, 0.6) is 0 Å². The van der Waals surface area contributed by atoms with Crippen molar-refractivity contribution in [1.82, 2.24) is 34.9 Å². The highest BCUT2D eigenvalue weighted by atomic mass is 19.1. The first-order valence-corrected chi connectivity index (χ1v) is 14.0. The van der Waals surface area contributed by atoms with Gasteiger partial charge in [-0.1, -0.05) is 18.2 Å². The summed E-state index contributed by atoms with van der Waals surface area (Å²) in [4.78, 5) is 21.3. The Hall–Kier alpha value is -3.41. The molecule has 206 valence electrons. The Bertz CT molecular complexity index is 1260. The largest absolute Gasteiger partial charge is 0.379 e. The molecule has 11 heteroatoms. The van der Waals surface area contributed by atoms with Crippen LogP contribution in [0.25, 0.3) is 12.2 Å². The molecule has 0 spiro atoms. The van der Waals surface area contributed by atoms with E-state index >= 15 is 0 Å². The molecule has 0 unspecified atom stereocenters. The molecule has 0 bridgehead atoms. The zero-order chi connectivity index (χ0) is 26.4. The summed E-state index contributed by atoms with van der Waals surface area (Å²) in [5, 5.41) is 10.8. The first kappa shape index (κ1) is 25.8. The van der Waals surface area contributed by atoms with Gasteiger partial charge >= 0.3 is 0 Å². The number of aromatic amines is 1. The van der Waals surface area contributed by atoms with Crippen LogP contribution in [0.15, 0.2) is 30.3 Å². The fourth-order valence-electron chi connectivity index (χ4n) is 5.07. The van der Waals surface area contributed by atoms with E-state index in [0.29, 0.717) is 29.5 Å². The summed E-state index contributed by atoms with van der Waals surface area (Å²) in [7, 11) is 0. The number of piperazine rings is 1. The maximum atomic E-state index is 13.7. The maximum Gasteiger partial charge on any atom is 0.233 e. The van der Waals surface area contributed by atoms with Gasteiger partial charge in [-0.05, 0) is 56.1 Å². The molecule has 6 rings (SSSR count). The minimum Gasteiger partial charge on any atom is -0.379 e. The van der Waals surface area contributed by atoms with Gasteiger partial charge in [-0.15, -0.1) is 0 Å². The van der Waals surface area contributed by atoms with E-state index in [9.17, 15) is 4.39 Å². The van der Waals surface area contributed by atoms with Crippen LogP contribution in [0.2, 0.25) is 0 Å². The van der Waals surface area contributed by atoms with E-state index in [-0.39, 0.29) is 5.82 Å². The van der Waals surface area contributed by atoms with Gasteiger partial charge in [0.2, 0.25) is 11.9 Å². The predicted octanol–water partition coefficient (Wildman–Crippen LogP) is 3.37. The smallest absolute Gasteiger partial charge is 0.233 e. The predicted molar refractivity (Wildman–Crippen MR) is 150 cm³/mol. The molecule has 10 nitrogen and oxygen atoms in total. The minimum absolute atomic E-state index is 0.274. The number of anilines is 3. The van der Waals surface area contributed by atoms with Crippen molar-refractivity contribution in [2.45, 2.75) is 25.2 Å². The quantitative estimate of drug-likeness (QED) is 0.406. The van der Waals surface area contributed by atoms with Crippen LogP contribution < -0.4 is 10.2 Å². The molecule has 3 aliphatic rings. The number of ether oxygens (including phenoxy) is 1. The summed E-state index contributed by atoms with van der Waals surface area (Å²) in [6.07, 6.45) is 7.18. The molecule has 3 fully saturated rings. The molecular weight excluding hydrogens is 497 g/mol. The van der Waals surface area contributed by atoms with Crippen molar-refractivity contribution >= 4 is 29.9 Å². The standard InChI is InChI=1S/C28H36FN9O/c29-23-4-1-3-21(19-23)5-8-25-30-27(31-26-20-24(34-35-26)22-6-7-22)33-28(32-25)38-13-11-36(12-14-38)9-2-10-37-15-17-39-18-16-37/h1,3-5,8,19-20,22H,2,6-7,9-18H2,(H2,30,31,32,33,34,35)/b8-5+. The van der Waals surface area contributed by atoms with Gasteiger partial charge < -0.3 is 15.0 Å². The Morgan fingerprint density at radius 3 is 2.51 bits per heavy atom. The normalized spacial score (nSPS) is 19.2. The number of halogens is 1. The summed E-state index contributed by atoms with van der Waals surface area (Å²) in [6.45, 7) is 9.64. The van der Waals surface area contributed by atoms with Crippen LogP contribution in [0.1, 0.15) is 42.3 Å². The van der Waals surface area contributed by atoms with Crippen molar-refractivity contribution in [3.05, 3.63) is 53.2 Å². The van der Waals surface area contributed by atoms with Crippen molar-refractivity contribution in [3.8, 4) is 0 Å². The van der Waals surface area contributed by atoms with Crippen molar-refractivity contribution in [3.63, 3.8) is 0 Å². The highest BCUT2D eigenvalue weighted by Crippen LogP contribution is 2.39. The van der Waals surface area contributed by atoms with Crippen molar-refractivity contribution in [1.29, 1.82) is 0 Å². The number of nitrogens with one attached hydrogen (secondary N) is 2. The van der Waals surface area contributed by atoms with Crippen LogP contribution >= 0.6 is 0 Å². The zero-order valence-electron chi connectivity index (χ0n) is 22.2. The summed E-state index contributed by atoms with van der Waals surface area (Å²) >= 11 is 0. The molecular formula is C28H36FN9O. The second-order valence-corrected chi connectivity index (χ2v) is 10.4. The number of H-pyrrole nitrogens is 1. The fraction of sp³-hybridized carbons (Fsp3) is 0.500. The van der Waals surface area contributed by atoms with Gasteiger partial charge in [-0.2, -0.15) is 20.1 Å². The third-order valence-electron chi connectivity index (χ3n) is 7.48. The summed E-state index contributed by atoms with van der Waals surface area (Å²) < 4.78 is 19.1. The van der Waals surface area contributed by atoms with Crippen LogP contribution in [-0.4, -0.2) is 101 Å². The molecule has 2 aromatic heterocycles. The Morgan fingerprint density at radius 1 is 0.949 bits per heavy atom. The highest BCUT2D eigenvalue weighted by molar-refractivity contribution is 5.67. The average molecular weight is 534 g/mol. The van der Waals surface area contributed by atoms with Crippen LogP contribution in [0, 0.1) is 5.82 Å². The number of nitrogens with zero attached hydrogens (tertiary/aromatic N) is 7. The van der Waals surface area contributed by atoms with Crippen LogP contribution in [-0.2, 0) is 4.74 Å². The topological polar surface area (TPSA) is 98.3 Å². The van der Waals surface area contributed by atoms with Crippen molar-refractivity contribution in [2.24, 2.45) is 0 Å². The molecule has 1 saturated carbocycles. The van der Waals surface area contributed by atoms with Gasteiger partial charge in [-0.3, -0.25) is 14.9 Å². The molecule has 0 amide bonds. The molecule has 2 aliphatic heterocycles. The van der Waals surface area contributed by atoms with Gasteiger partial charge in [0.25, 0.3) is 0 Å². The van der Waals surface area contributed by atoms with E-state index in [0.717, 1.165) is 76.8 Å². The lowest BCUT2D eigenvalue weighted by Gasteiger charge is -2.35. The zero-order valence-corrected chi connectivity index (χ0v) is 22.2. The van der Waals surface area contributed by atoms with Gasteiger partial charge in [0.1, 0.15) is 5.82 Å². The number of morpholine rings is 1. The monoisotopic (exact) mass is 533 g/mol. The van der Waals surface area contributed by atoms with E-state index < -0.39 is 0 Å². The fourth-order valence-corrected chi connectivity index (χ4v) is 5.07. The second-order valence-electron chi connectivity index (χ2n) is 10.4. The lowest BCUT2D eigenvalue weighted by Crippen LogP contribution is -2.48. The van der Waals surface area contributed by atoms with Gasteiger partial charge in [0.15, 0.2) is 11.6 Å². The average Bonchev–Trinajstić information content (AvgIpc) is 3.71. The molecule has 0 radical (unpaired) electrons. The summed E-state index contributed by atoms with van der Waals surface area (Å²) in [6, 6.07) is 8.49. The first-order chi connectivity index (χ1) is 19.2. The molecule has 4 heterocycles. The summed E-state index contributed by atoms with van der Waals surface area (Å²) in [5.74, 6) is 2.59. The molecule has 39 heavy (non-hydrogen) atoms. The van der Waals surface area contributed by atoms with E-state index in [1.165, 1.54) is 31.4 Å². The molecule has 0 atom stereocenters.